The Balaban J connectivity index is 1.82. The summed E-state index contributed by atoms with van der Waals surface area (Å²) in [5.74, 6) is -1.50. The van der Waals surface area contributed by atoms with Crippen LogP contribution >= 0.6 is 0 Å². The topological polar surface area (TPSA) is 172 Å². The number of carbonyl (C=O) groups excluding carboxylic acids is 4. The van der Waals surface area contributed by atoms with Gasteiger partial charge < -0.3 is 32.3 Å². The number of nitrogens with one attached hydrogen (secondary N) is 3. The van der Waals surface area contributed by atoms with Crippen LogP contribution in [-0.4, -0.2) is 71.7 Å². The molecule has 1 aromatic carbocycles. The minimum Gasteiger partial charge on any atom is -0.370 e. The van der Waals surface area contributed by atoms with Crippen LogP contribution in [0.4, 0.5) is 0 Å². The summed E-state index contributed by atoms with van der Waals surface area (Å²) in [6.45, 7) is 2.62. The first kappa shape index (κ1) is 27.0. The van der Waals surface area contributed by atoms with E-state index in [4.69, 9.17) is 11.5 Å². The van der Waals surface area contributed by atoms with E-state index in [2.05, 4.69) is 20.9 Å². The molecule has 1 aromatic rings. The highest BCUT2D eigenvalue weighted by atomic mass is 16.2. The summed E-state index contributed by atoms with van der Waals surface area (Å²) in [7, 11) is 0. The number of hydrogen-bond donors (Lipinski definition) is 5. The van der Waals surface area contributed by atoms with Gasteiger partial charge in [0.05, 0.1) is 0 Å². The maximum absolute atomic E-state index is 13.6. The number of rotatable bonds is 8. The number of guanidine groups is 1. The molecule has 0 radical (unpaired) electrons. The van der Waals surface area contributed by atoms with Crippen LogP contribution in [0, 0.1) is 0 Å². The lowest BCUT2D eigenvalue weighted by Gasteiger charge is -2.32. The SMILES string of the molecule is CC[C@@H]1NC(=O)[C@H](CCCCN=C(N)N)NC(=O)[C@H]2CCCN2C(=O)[C@H](Cc2ccccc2)NC1=O. The second kappa shape index (κ2) is 12.9. The minimum atomic E-state index is -0.843. The van der Waals surface area contributed by atoms with Crippen LogP contribution in [0.25, 0.3) is 0 Å². The number of carbonyl (C=O) groups is 4. The van der Waals surface area contributed by atoms with Crippen molar-refractivity contribution < 1.29 is 19.2 Å². The summed E-state index contributed by atoms with van der Waals surface area (Å²) in [5, 5.41) is 8.46. The Labute approximate surface area is 211 Å². The van der Waals surface area contributed by atoms with Crippen LogP contribution in [0.5, 0.6) is 0 Å². The van der Waals surface area contributed by atoms with Gasteiger partial charge in [0.25, 0.3) is 0 Å². The van der Waals surface area contributed by atoms with E-state index in [1.807, 2.05) is 30.3 Å². The molecule has 2 saturated heterocycles. The molecule has 11 heteroatoms. The predicted molar refractivity (Wildman–Crippen MR) is 135 cm³/mol. The van der Waals surface area contributed by atoms with E-state index >= 15 is 0 Å². The first-order valence-corrected chi connectivity index (χ1v) is 12.6. The van der Waals surface area contributed by atoms with E-state index in [9.17, 15) is 19.2 Å². The molecule has 3 rings (SSSR count). The predicted octanol–water partition coefficient (Wildman–Crippen LogP) is -0.458. The lowest BCUT2D eigenvalue weighted by atomic mass is 10.0. The van der Waals surface area contributed by atoms with Gasteiger partial charge in [-0.15, -0.1) is 0 Å². The Bertz CT molecular complexity index is 964. The zero-order valence-electron chi connectivity index (χ0n) is 20.7. The molecule has 11 nitrogen and oxygen atoms in total. The average Bonchev–Trinajstić information content (AvgIpc) is 3.35. The molecule has 36 heavy (non-hydrogen) atoms. The van der Waals surface area contributed by atoms with Gasteiger partial charge in [-0.1, -0.05) is 37.3 Å². The summed E-state index contributed by atoms with van der Waals surface area (Å²) in [5.41, 5.74) is 11.6. The van der Waals surface area contributed by atoms with Crippen molar-refractivity contribution in [3.05, 3.63) is 35.9 Å². The normalized spacial score (nSPS) is 25.1. The molecule has 0 unspecified atom stereocenters. The summed E-state index contributed by atoms with van der Waals surface area (Å²) in [4.78, 5) is 58.6. The zero-order chi connectivity index (χ0) is 26.1. The third-order valence-electron chi connectivity index (χ3n) is 6.61. The molecule has 2 aliphatic rings. The van der Waals surface area contributed by atoms with Crippen LogP contribution in [0.2, 0.25) is 0 Å². The van der Waals surface area contributed by atoms with Gasteiger partial charge in [-0.25, -0.2) is 0 Å². The summed E-state index contributed by atoms with van der Waals surface area (Å²) < 4.78 is 0. The number of aliphatic imine (C=N–C) groups is 1. The fourth-order valence-corrected chi connectivity index (χ4v) is 4.66. The van der Waals surface area contributed by atoms with Crippen molar-refractivity contribution in [2.45, 2.75) is 76.0 Å². The number of fused-ring (bicyclic) bond motifs is 1. The molecular weight excluding hydrogens is 462 g/mol. The third-order valence-corrected chi connectivity index (χ3v) is 6.61. The smallest absolute Gasteiger partial charge is 0.246 e. The highest BCUT2D eigenvalue weighted by Gasteiger charge is 2.40. The fourth-order valence-electron chi connectivity index (χ4n) is 4.66. The van der Waals surface area contributed by atoms with Crippen LogP contribution in [0.15, 0.2) is 35.3 Å². The molecule has 196 valence electrons. The molecule has 0 bridgehead atoms. The van der Waals surface area contributed by atoms with Crippen molar-refractivity contribution in [1.82, 2.24) is 20.9 Å². The quantitative estimate of drug-likeness (QED) is 0.184. The molecule has 0 saturated carbocycles. The largest absolute Gasteiger partial charge is 0.370 e. The molecule has 7 N–H and O–H groups in total. The van der Waals surface area contributed by atoms with Gasteiger partial charge in [0, 0.05) is 19.5 Å². The van der Waals surface area contributed by atoms with E-state index in [1.54, 1.807) is 11.8 Å². The molecular formula is C25H37N7O4. The number of nitrogens with two attached hydrogens (primary N) is 2. The average molecular weight is 500 g/mol. The van der Waals surface area contributed by atoms with Gasteiger partial charge in [0.15, 0.2) is 5.96 Å². The maximum atomic E-state index is 13.6. The molecule has 4 amide bonds. The van der Waals surface area contributed by atoms with Crippen molar-refractivity contribution in [3.63, 3.8) is 0 Å². The number of benzene rings is 1. The summed E-state index contributed by atoms with van der Waals surface area (Å²) in [6.07, 6.45) is 3.37. The number of nitrogens with zero attached hydrogens (tertiary/aromatic N) is 2. The first-order valence-electron chi connectivity index (χ1n) is 12.6. The van der Waals surface area contributed by atoms with Gasteiger partial charge in [-0.3, -0.25) is 24.2 Å². The van der Waals surface area contributed by atoms with Crippen LogP contribution in [0.3, 0.4) is 0 Å². The third kappa shape index (κ3) is 7.19. The zero-order valence-corrected chi connectivity index (χ0v) is 20.7. The Morgan fingerprint density at radius 2 is 1.61 bits per heavy atom. The van der Waals surface area contributed by atoms with E-state index in [0.29, 0.717) is 58.0 Å². The van der Waals surface area contributed by atoms with Gasteiger partial charge in [-0.05, 0) is 44.1 Å². The van der Waals surface area contributed by atoms with Gasteiger partial charge in [0.2, 0.25) is 23.6 Å². The maximum Gasteiger partial charge on any atom is 0.246 e. The molecule has 0 aromatic heterocycles. The molecule has 2 aliphatic heterocycles. The molecule has 4 atom stereocenters. The Morgan fingerprint density at radius 1 is 0.944 bits per heavy atom. The summed E-state index contributed by atoms with van der Waals surface area (Å²) in [6, 6.07) is 6.20. The number of hydrogen-bond acceptors (Lipinski definition) is 5. The standard InChI is InChI=1S/C25H37N7O4/c1-2-17-21(33)31-19(15-16-9-4-3-5-10-16)24(36)32-14-8-12-20(32)23(35)30-18(22(34)29-17)11-6-7-13-28-25(26)27/h3-5,9-10,17-20H,2,6-8,11-15H2,1H3,(H,29,34)(H,30,35)(H,31,33)(H4,26,27,28)/t17-,18-,19-,20+/m0/s1. The first-order chi connectivity index (χ1) is 17.3. The summed E-state index contributed by atoms with van der Waals surface area (Å²) >= 11 is 0. The second-order valence-corrected chi connectivity index (χ2v) is 9.27. The van der Waals surface area contributed by atoms with Crippen LogP contribution < -0.4 is 27.4 Å². The minimum absolute atomic E-state index is 0.000382. The molecule has 2 heterocycles. The number of unbranched alkanes of at least 4 members (excludes halogenated alkanes) is 1. The van der Waals surface area contributed by atoms with Gasteiger partial charge in [0.1, 0.15) is 24.2 Å². The highest BCUT2D eigenvalue weighted by Crippen LogP contribution is 2.21. The fraction of sp³-hybridized carbons (Fsp3) is 0.560. The molecule has 0 spiro atoms. The van der Waals surface area contributed by atoms with E-state index < -0.39 is 36.0 Å². The van der Waals surface area contributed by atoms with E-state index in [0.717, 1.165) is 5.56 Å². The Morgan fingerprint density at radius 3 is 2.31 bits per heavy atom. The van der Waals surface area contributed by atoms with Crippen molar-refractivity contribution in [2.75, 3.05) is 13.1 Å². The highest BCUT2D eigenvalue weighted by molar-refractivity contribution is 5.97. The van der Waals surface area contributed by atoms with Gasteiger partial charge in [-0.2, -0.15) is 0 Å². The van der Waals surface area contributed by atoms with Crippen molar-refractivity contribution in [1.29, 1.82) is 0 Å². The van der Waals surface area contributed by atoms with Crippen molar-refractivity contribution in [2.24, 2.45) is 16.5 Å². The van der Waals surface area contributed by atoms with Crippen LogP contribution in [-0.2, 0) is 25.6 Å². The lowest BCUT2D eigenvalue weighted by Crippen LogP contribution is -2.61. The van der Waals surface area contributed by atoms with E-state index in [1.165, 1.54) is 0 Å². The van der Waals surface area contributed by atoms with Gasteiger partial charge >= 0.3 is 0 Å². The Hall–Kier alpha value is -3.63. The molecule has 0 aliphatic carbocycles. The van der Waals surface area contributed by atoms with E-state index in [-0.39, 0.29) is 17.8 Å². The second-order valence-electron chi connectivity index (χ2n) is 9.27. The Kier molecular flexibility index (Phi) is 9.66. The molecule has 2 fully saturated rings. The number of amides is 4. The lowest BCUT2D eigenvalue weighted by molar-refractivity contribution is -0.143. The van der Waals surface area contributed by atoms with Crippen molar-refractivity contribution in [3.8, 4) is 0 Å². The van der Waals surface area contributed by atoms with Crippen LogP contribution in [0.1, 0.15) is 51.0 Å². The monoisotopic (exact) mass is 499 g/mol. The van der Waals surface area contributed by atoms with Crippen molar-refractivity contribution >= 4 is 29.6 Å².